The van der Waals surface area contributed by atoms with Crippen molar-refractivity contribution < 1.29 is 4.79 Å². The zero-order valence-corrected chi connectivity index (χ0v) is 12.8. The highest BCUT2D eigenvalue weighted by Gasteiger charge is 2.36. The highest BCUT2D eigenvalue weighted by atomic mass is 35.6. The Balaban J connectivity index is 1.85. The molecule has 0 aromatic heterocycles. The molecule has 1 fully saturated rings. The molecule has 0 aliphatic carbocycles. The summed E-state index contributed by atoms with van der Waals surface area (Å²) in [7, 11) is 0. The molecular formula is C14H16Cl3NO. The fourth-order valence-electron chi connectivity index (χ4n) is 2.47. The third-order valence-corrected chi connectivity index (χ3v) is 4.00. The molecule has 104 valence electrons. The molecule has 0 saturated carbocycles. The number of carbonyl (C=O) groups is 1. The van der Waals surface area contributed by atoms with E-state index in [1.54, 1.807) is 4.90 Å². The summed E-state index contributed by atoms with van der Waals surface area (Å²) in [6.07, 6.45) is 2.97. The zero-order valence-electron chi connectivity index (χ0n) is 10.5. The number of rotatable bonds is 2. The third kappa shape index (κ3) is 4.27. The molecule has 1 aliphatic rings. The maximum atomic E-state index is 11.8. The minimum absolute atomic E-state index is 0.407. The van der Waals surface area contributed by atoms with Crippen molar-refractivity contribution in [2.45, 2.75) is 23.1 Å². The minimum atomic E-state index is -1.83. The summed E-state index contributed by atoms with van der Waals surface area (Å²) < 4.78 is -1.83. The third-order valence-electron chi connectivity index (χ3n) is 3.51. The van der Waals surface area contributed by atoms with Gasteiger partial charge in [-0.05, 0) is 30.7 Å². The van der Waals surface area contributed by atoms with Crippen molar-refractivity contribution >= 4 is 40.7 Å². The standard InChI is InChI=1S/C14H16Cl3NO/c15-14(16,17)13(19)18-8-6-12(7-9-18)10-11-4-2-1-3-5-11/h1-5,12H,6-10H2. The molecule has 0 radical (unpaired) electrons. The average molecular weight is 321 g/mol. The Labute approximate surface area is 128 Å². The Bertz CT molecular complexity index is 422. The first kappa shape index (κ1) is 15.0. The first-order valence-electron chi connectivity index (χ1n) is 6.37. The fraction of sp³-hybridized carbons (Fsp3) is 0.500. The second kappa shape index (κ2) is 6.34. The number of likely N-dealkylation sites (tertiary alicyclic amines) is 1. The number of halogens is 3. The first-order valence-corrected chi connectivity index (χ1v) is 7.50. The van der Waals surface area contributed by atoms with Crippen molar-refractivity contribution in [2.75, 3.05) is 13.1 Å². The number of carbonyl (C=O) groups excluding carboxylic acids is 1. The van der Waals surface area contributed by atoms with Gasteiger partial charge in [-0.2, -0.15) is 0 Å². The van der Waals surface area contributed by atoms with E-state index in [0.29, 0.717) is 19.0 Å². The van der Waals surface area contributed by atoms with Gasteiger partial charge in [0.2, 0.25) is 0 Å². The molecule has 0 spiro atoms. The average Bonchev–Trinajstić information content (AvgIpc) is 2.39. The molecule has 2 rings (SSSR count). The van der Waals surface area contributed by atoms with E-state index >= 15 is 0 Å². The summed E-state index contributed by atoms with van der Waals surface area (Å²) in [5.74, 6) is 0.192. The van der Waals surface area contributed by atoms with Crippen LogP contribution in [0.3, 0.4) is 0 Å². The van der Waals surface area contributed by atoms with E-state index in [1.165, 1.54) is 5.56 Å². The van der Waals surface area contributed by atoms with Gasteiger partial charge in [0.1, 0.15) is 0 Å². The molecule has 0 atom stereocenters. The van der Waals surface area contributed by atoms with Gasteiger partial charge in [-0.1, -0.05) is 65.1 Å². The van der Waals surface area contributed by atoms with Gasteiger partial charge in [-0.15, -0.1) is 0 Å². The number of alkyl halides is 3. The Kier molecular flexibility index (Phi) is 4.99. The number of hydrogen-bond donors (Lipinski definition) is 0. The molecule has 0 N–H and O–H groups in total. The van der Waals surface area contributed by atoms with Crippen molar-refractivity contribution in [2.24, 2.45) is 5.92 Å². The van der Waals surface area contributed by atoms with E-state index < -0.39 is 9.70 Å². The molecule has 0 bridgehead atoms. The quantitative estimate of drug-likeness (QED) is 0.758. The van der Waals surface area contributed by atoms with Gasteiger partial charge in [0, 0.05) is 13.1 Å². The van der Waals surface area contributed by atoms with Crippen LogP contribution in [0.15, 0.2) is 30.3 Å². The van der Waals surface area contributed by atoms with Gasteiger partial charge in [0.15, 0.2) is 0 Å². The molecular weight excluding hydrogens is 305 g/mol. The summed E-state index contributed by atoms with van der Waals surface area (Å²) >= 11 is 16.9. The second-order valence-electron chi connectivity index (χ2n) is 4.92. The number of hydrogen-bond acceptors (Lipinski definition) is 1. The molecule has 1 heterocycles. The summed E-state index contributed by atoms with van der Waals surface area (Å²) in [5, 5.41) is 0. The second-order valence-corrected chi connectivity index (χ2v) is 7.20. The minimum Gasteiger partial charge on any atom is -0.339 e. The van der Waals surface area contributed by atoms with Gasteiger partial charge in [-0.3, -0.25) is 4.79 Å². The zero-order chi connectivity index (χ0) is 13.9. The predicted octanol–water partition coefficient (Wildman–Crippen LogP) is 3.84. The van der Waals surface area contributed by atoms with E-state index in [1.807, 2.05) is 6.07 Å². The topological polar surface area (TPSA) is 20.3 Å². The lowest BCUT2D eigenvalue weighted by molar-refractivity contribution is -0.131. The number of amides is 1. The highest BCUT2D eigenvalue weighted by molar-refractivity contribution is 6.76. The van der Waals surface area contributed by atoms with Crippen LogP contribution in [0.2, 0.25) is 0 Å². The fourth-order valence-corrected chi connectivity index (χ4v) is 2.83. The van der Waals surface area contributed by atoms with Crippen LogP contribution in [0, 0.1) is 5.92 Å². The van der Waals surface area contributed by atoms with Crippen molar-refractivity contribution in [1.29, 1.82) is 0 Å². The molecule has 0 unspecified atom stereocenters. The Morgan fingerprint density at radius 1 is 1.16 bits per heavy atom. The molecule has 5 heteroatoms. The summed E-state index contributed by atoms with van der Waals surface area (Å²) in [6, 6.07) is 10.4. The van der Waals surface area contributed by atoms with Gasteiger partial charge < -0.3 is 4.90 Å². The van der Waals surface area contributed by atoms with Gasteiger partial charge in [0.25, 0.3) is 9.70 Å². The molecule has 2 nitrogen and oxygen atoms in total. The van der Waals surface area contributed by atoms with Crippen LogP contribution >= 0.6 is 34.8 Å². The van der Waals surface area contributed by atoms with Crippen LogP contribution in [0.5, 0.6) is 0 Å². The summed E-state index contributed by atoms with van der Waals surface area (Å²) in [5.41, 5.74) is 1.34. The van der Waals surface area contributed by atoms with Crippen molar-refractivity contribution in [3.8, 4) is 0 Å². The molecule has 1 aromatic rings. The van der Waals surface area contributed by atoms with Gasteiger partial charge >= 0.3 is 0 Å². The molecule has 1 saturated heterocycles. The normalized spacial score (nSPS) is 17.5. The largest absolute Gasteiger partial charge is 0.339 e. The monoisotopic (exact) mass is 319 g/mol. The summed E-state index contributed by atoms with van der Waals surface area (Å²) in [4.78, 5) is 13.5. The van der Waals surface area contributed by atoms with Gasteiger partial charge in [0.05, 0.1) is 0 Å². The Morgan fingerprint density at radius 2 is 1.74 bits per heavy atom. The highest BCUT2D eigenvalue weighted by Crippen LogP contribution is 2.31. The van der Waals surface area contributed by atoms with E-state index in [-0.39, 0.29) is 0 Å². The smallest absolute Gasteiger partial charge is 0.274 e. The van der Waals surface area contributed by atoms with Crippen LogP contribution in [0.25, 0.3) is 0 Å². The SMILES string of the molecule is O=C(N1CCC(Cc2ccccc2)CC1)C(Cl)(Cl)Cl. The number of benzene rings is 1. The van der Waals surface area contributed by atoms with Gasteiger partial charge in [-0.25, -0.2) is 0 Å². The van der Waals surface area contributed by atoms with Crippen LogP contribution in [0.4, 0.5) is 0 Å². The lowest BCUT2D eigenvalue weighted by Gasteiger charge is -2.33. The summed E-state index contributed by atoms with van der Waals surface area (Å²) in [6.45, 7) is 1.34. The van der Waals surface area contributed by atoms with E-state index in [0.717, 1.165) is 19.3 Å². The van der Waals surface area contributed by atoms with E-state index in [2.05, 4.69) is 24.3 Å². The first-order chi connectivity index (χ1) is 8.97. The lowest BCUT2D eigenvalue weighted by atomic mass is 9.90. The molecule has 1 amide bonds. The van der Waals surface area contributed by atoms with E-state index in [9.17, 15) is 4.79 Å². The van der Waals surface area contributed by atoms with Crippen LogP contribution in [-0.2, 0) is 11.2 Å². The maximum absolute atomic E-state index is 11.8. The number of piperidine rings is 1. The van der Waals surface area contributed by atoms with Crippen LogP contribution in [-0.4, -0.2) is 27.7 Å². The van der Waals surface area contributed by atoms with Crippen LogP contribution < -0.4 is 0 Å². The number of nitrogens with zero attached hydrogens (tertiary/aromatic N) is 1. The maximum Gasteiger partial charge on any atom is 0.274 e. The molecule has 1 aliphatic heterocycles. The van der Waals surface area contributed by atoms with Crippen molar-refractivity contribution in [3.63, 3.8) is 0 Å². The molecule has 19 heavy (non-hydrogen) atoms. The van der Waals surface area contributed by atoms with Crippen LogP contribution in [0.1, 0.15) is 18.4 Å². The Hall–Kier alpha value is -0.440. The Morgan fingerprint density at radius 3 is 2.26 bits per heavy atom. The van der Waals surface area contributed by atoms with Crippen molar-refractivity contribution in [1.82, 2.24) is 4.90 Å². The molecule has 1 aromatic carbocycles. The van der Waals surface area contributed by atoms with E-state index in [4.69, 9.17) is 34.8 Å². The lowest BCUT2D eigenvalue weighted by Crippen LogP contribution is -2.44. The van der Waals surface area contributed by atoms with Crippen molar-refractivity contribution in [3.05, 3.63) is 35.9 Å². The predicted molar refractivity (Wildman–Crippen MR) is 79.7 cm³/mol.